The molecule has 0 saturated heterocycles. The summed E-state index contributed by atoms with van der Waals surface area (Å²) in [6.07, 6.45) is 4.12. The second kappa shape index (κ2) is 8.03. The maximum atomic E-state index is 12.7. The van der Waals surface area contributed by atoms with Crippen LogP contribution in [0.25, 0.3) is 11.3 Å². The molecule has 0 radical (unpaired) electrons. The Bertz CT molecular complexity index is 989. The molecule has 1 aromatic carbocycles. The van der Waals surface area contributed by atoms with Crippen LogP contribution in [0.5, 0.6) is 5.75 Å². The molecular formula is C19H23N5O3. The van der Waals surface area contributed by atoms with Gasteiger partial charge in [-0.1, -0.05) is 13.8 Å². The SMILES string of the molecule is COc1ccc(-n2ccn3c(CCC(=O)NCC(C)C)nnc3c2=O)cc1. The topological polar surface area (TPSA) is 90.5 Å². The molecule has 2 heterocycles. The molecule has 0 saturated carbocycles. The Kier molecular flexibility index (Phi) is 5.54. The molecule has 0 atom stereocenters. The highest BCUT2D eigenvalue weighted by Crippen LogP contribution is 2.14. The molecule has 3 aromatic rings. The first-order valence-corrected chi connectivity index (χ1v) is 8.86. The Hall–Kier alpha value is -3.16. The van der Waals surface area contributed by atoms with Crippen LogP contribution in [0.1, 0.15) is 26.1 Å². The summed E-state index contributed by atoms with van der Waals surface area (Å²) in [5.41, 5.74) is 0.664. The number of methoxy groups -OCH3 is 1. The maximum Gasteiger partial charge on any atom is 0.300 e. The van der Waals surface area contributed by atoms with Gasteiger partial charge in [0.2, 0.25) is 11.6 Å². The van der Waals surface area contributed by atoms with Crippen LogP contribution in [0.15, 0.2) is 41.5 Å². The molecule has 27 heavy (non-hydrogen) atoms. The number of ether oxygens (including phenoxy) is 1. The molecule has 2 aromatic heterocycles. The molecule has 3 rings (SSSR count). The fourth-order valence-corrected chi connectivity index (χ4v) is 2.68. The van der Waals surface area contributed by atoms with Crippen molar-refractivity contribution >= 4 is 11.6 Å². The van der Waals surface area contributed by atoms with Gasteiger partial charge in [0.05, 0.1) is 7.11 Å². The molecule has 1 amide bonds. The maximum absolute atomic E-state index is 12.7. The van der Waals surface area contributed by atoms with Crippen molar-refractivity contribution in [2.75, 3.05) is 13.7 Å². The summed E-state index contributed by atoms with van der Waals surface area (Å²) in [7, 11) is 1.59. The molecule has 8 heteroatoms. The van der Waals surface area contributed by atoms with Crippen LogP contribution >= 0.6 is 0 Å². The van der Waals surface area contributed by atoms with Gasteiger partial charge in [0.1, 0.15) is 11.6 Å². The van der Waals surface area contributed by atoms with Crippen molar-refractivity contribution in [3.63, 3.8) is 0 Å². The average molecular weight is 369 g/mol. The molecule has 0 aliphatic heterocycles. The number of aromatic nitrogens is 4. The second-order valence-corrected chi connectivity index (χ2v) is 6.68. The number of nitrogens with one attached hydrogen (secondary N) is 1. The number of hydrogen-bond donors (Lipinski definition) is 1. The summed E-state index contributed by atoms with van der Waals surface area (Å²) < 4.78 is 8.28. The zero-order valence-corrected chi connectivity index (χ0v) is 15.7. The van der Waals surface area contributed by atoms with E-state index in [-0.39, 0.29) is 17.1 Å². The van der Waals surface area contributed by atoms with E-state index in [4.69, 9.17) is 4.74 Å². The zero-order valence-electron chi connectivity index (χ0n) is 15.7. The predicted molar refractivity (Wildman–Crippen MR) is 101 cm³/mol. The number of amides is 1. The predicted octanol–water partition coefficient (Wildman–Crippen LogP) is 1.59. The first-order chi connectivity index (χ1) is 13.0. The summed E-state index contributed by atoms with van der Waals surface area (Å²) >= 11 is 0. The summed E-state index contributed by atoms with van der Waals surface area (Å²) in [4.78, 5) is 24.6. The van der Waals surface area contributed by atoms with Gasteiger partial charge in [-0.25, -0.2) is 0 Å². The molecule has 0 unspecified atom stereocenters. The van der Waals surface area contributed by atoms with Gasteiger partial charge in [0.25, 0.3) is 0 Å². The van der Waals surface area contributed by atoms with Crippen molar-refractivity contribution < 1.29 is 9.53 Å². The van der Waals surface area contributed by atoms with Crippen LogP contribution in [0.3, 0.4) is 0 Å². The molecule has 142 valence electrons. The lowest BCUT2D eigenvalue weighted by atomic mass is 10.2. The summed E-state index contributed by atoms with van der Waals surface area (Å²) in [5, 5.41) is 11.0. The van der Waals surface area contributed by atoms with Crippen LogP contribution in [0.2, 0.25) is 0 Å². The summed E-state index contributed by atoms with van der Waals surface area (Å²) in [5.74, 6) is 1.67. The van der Waals surface area contributed by atoms with E-state index in [0.29, 0.717) is 42.6 Å². The van der Waals surface area contributed by atoms with Crippen molar-refractivity contribution in [3.05, 3.63) is 52.8 Å². The highest BCUT2D eigenvalue weighted by molar-refractivity contribution is 5.76. The first-order valence-electron chi connectivity index (χ1n) is 8.86. The average Bonchev–Trinajstić information content (AvgIpc) is 3.09. The van der Waals surface area contributed by atoms with Crippen LogP contribution in [0.4, 0.5) is 0 Å². The molecule has 0 bridgehead atoms. The zero-order chi connectivity index (χ0) is 19.4. The van der Waals surface area contributed by atoms with E-state index in [1.165, 1.54) is 4.57 Å². The van der Waals surface area contributed by atoms with Crippen LogP contribution in [0, 0.1) is 5.92 Å². The fourth-order valence-electron chi connectivity index (χ4n) is 2.68. The van der Waals surface area contributed by atoms with Gasteiger partial charge < -0.3 is 10.1 Å². The molecule has 0 aliphatic carbocycles. The van der Waals surface area contributed by atoms with E-state index in [2.05, 4.69) is 15.5 Å². The second-order valence-electron chi connectivity index (χ2n) is 6.68. The molecule has 8 nitrogen and oxygen atoms in total. The molecule has 0 spiro atoms. The minimum atomic E-state index is -0.273. The number of carbonyl (C=O) groups excluding carboxylic acids is 1. The lowest BCUT2D eigenvalue weighted by molar-refractivity contribution is -0.121. The van der Waals surface area contributed by atoms with Gasteiger partial charge >= 0.3 is 5.56 Å². The number of aryl methyl sites for hydroxylation is 1. The summed E-state index contributed by atoms with van der Waals surface area (Å²) in [6.45, 7) is 4.73. The van der Waals surface area contributed by atoms with Gasteiger partial charge in [-0.3, -0.25) is 18.6 Å². The van der Waals surface area contributed by atoms with E-state index >= 15 is 0 Å². The molecular weight excluding hydrogens is 346 g/mol. The first kappa shape index (κ1) is 18.6. The fraction of sp³-hybridized carbons (Fsp3) is 0.368. The number of benzene rings is 1. The normalized spacial score (nSPS) is 11.1. The van der Waals surface area contributed by atoms with Crippen molar-refractivity contribution in [3.8, 4) is 11.4 Å². The quantitative estimate of drug-likeness (QED) is 0.683. The van der Waals surface area contributed by atoms with Gasteiger partial charge in [-0.05, 0) is 30.2 Å². The Morgan fingerprint density at radius 2 is 1.93 bits per heavy atom. The monoisotopic (exact) mass is 369 g/mol. The van der Waals surface area contributed by atoms with Crippen molar-refractivity contribution in [2.45, 2.75) is 26.7 Å². The Labute approximate surface area is 156 Å². The number of hydrogen-bond acceptors (Lipinski definition) is 5. The molecule has 1 N–H and O–H groups in total. The van der Waals surface area contributed by atoms with Crippen molar-refractivity contribution in [1.82, 2.24) is 24.5 Å². The van der Waals surface area contributed by atoms with E-state index in [1.807, 2.05) is 13.8 Å². The Morgan fingerprint density at radius 1 is 1.19 bits per heavy atom. The minimum Gasteiger partial charge on any atom is -0.497 e. The number of fused-ring (bicyclic) bond motifs is 1. The molecule has 0 fully saturated rings. The van der Waals surface area contributed by atoms with E-state index in [9.17, 15) is 9.59 Å². The third-order valence-electron chi connectivity index (χ3n) is 4.18. The van der Waals surface area contributed by atoms with Gasteiger partial charge in [0.15, 0.2) is 0 Å². The van der Waals surface area contributed by atoms with Crippen LogP contribution in [-0.4, -0.2) is 38.7 Å². The van der Waals surface area contributed by atoms with Gasteiger partial charge in [0, 0.05) is 37.5 Å². The lowest BCUT2D eigenvalue weighted by Crippen LogP contribution is -2.27. The Morgan fingerprint density at radius 3 is 2.59 bits per heavy atom. The highest BCUT2D eigenvalue weighted by Gasteiger charge is 2.13. The number of carbonyl (C=O) groups is 1. The highest BCUT2D eigenvalue weighted by atomic mass is 16.5. The van der Waals surface area contributed by atoms with Crippen LogP contribution < -0.4 is 15.6 Å². The lowest BCUT2D eigenvalue weighted by Gasteiger charge is -2.08. The number of rotatable bonds is 7. The van der Waals surface area contributed by atoms with Gasteiger partial charge in [-0.15, -0.1) is 10.2 Å². The largest absolute Gasteiger partial charge is 0.497 e. The van der Waals surface area contributed by atoms with Crippen molar-refractivity contribution in [1.29, 1.82) is 0 Å². The Balaban J connectivity index is 1.80. The summed E-state index contributed by atoms with van der Waals surface area (Å²) in [6, 6.07) is 7.17. The third-order valence-corrected chi connectivity index (χ3v) is 4.18. The van der Waals surface area contributed by atoms with E-state index < -0.39 is 0 Å². The van der Waals surface area contributed by atoms with Gasteiger partial charge in [-0.2, -0.15) is 0 Å². The van der Waals surface area contributed by atoms with Crippen molar-refractivity contribution in [2.24, 2.45) is 5.92 Å². The van der Waals surface area contributed by atoms with E-state index in [0.717, 1.165) is 0 Å². The minimum absolute atomic E-state index is 0.0352. The van der Waals surface area contributed by atoms with Crippen LogP contribution in [-0.2, 0) is 11.2 Å². The molecule has 0 aliphatic rings. The third kappa shape index (κ3) is 4.16. The van der Waals surface area contributed by atoms with E-state index in [1.54, 1.807) is 48.2 Å². The number of nitrogens with zero attached hydrogens (tertiary/aromatic N) is 4. The standard InChI is InChI=1S/C19H23N5O3/c1-13(2)12-20-17(25)9-8-16-21-22-18-19(26)23(10-11-24(16)18)14-4-6-15(27-3)7-5-14/h4-7,10-11,13H,8-9,12H2,1-3H3,(H,20,25). The smallest absolute Gasteiger partial charge is 0.300 e.